The molecule has 198 valence electrons. The minimum atomic E-state index is -0.935. The zero-order valence-corrected chi connectivity index (χ0v) is 21.0. The third-order valence-electron chi connectivity index (χ3n) is 3.31. The van der Waals surface area contributed by atoms with Crippen molar-refractivity contribution in [2.24, 2.45) is 5.41 Å². The van der Waals surface area contributed by atoms with Crippen molar-refractivity contribution >= 4 is 23.9 Å². The maximum absolute atomic E-state index is 10.1. The van der Waals surface area contributed by atoms with Crippen LogP contribution in [0.5, 0.6) is 0 Å². The predicted octanol–water partition coefficient (Wildman–Crippen LogP) is 2.34. The first-order chi connectivity index (χ1) is 15.2. The summed E-state index contributed by atoms with van der Waals surface area (Å²) in [7, 11) is 0. The highest BCUT2D eigenvalue weighted by molar-refractivity contribution is 5.86. The molecule has 0 aromatic rings. The van der Waals surface area contributed by atoms with Gasteiger partial charge < -0.3 is 35.7 Å². The fourth-order valence-electron chi connectivity index (χ4n) is 0.364. The Kier molecular flexibility index (Phi) is 27.6. The number of hydrogen-bond acceptors (Lipinski definition) is 7. The number of aliphatic carboxylic acids is 4. The van der Waals surface area contributed by atoms with E-state index in [1.54, 1.807) is 27.7 Å². The Bertz CT molecular complexity index is 622. The van der Waals surface area contributed by atoms with E-state index in [9.17, 15) is 19.2 Å². The van der Waals surface area contributed by atoms with Crippen molar-refractivity contribution in [1.29, 1.82) is 0 Å². The minimum Gasteiger partial charge on any atom is -0.478 e. The molecule has 0 aromatic heterocycles. The van der Waals surface area contributed by atoms with Crippen molar-refractivity contribution in [1.82, 2.24) is 0 Å². The lowest BCUT2D eigenvalue weighted by Crippen LogP contribution is -2.29. The maximum atomic E-state index is 10.1. The summed E-state index contributed by atoms with van der Waals surface area (Å²) in [6, 6.07) is 0. The monoisotopic (exact) mass is 492 g/mol. The van der Waals surface area contributed by atoms with Gasteiger partial charge in [-0.15, -0.1) is 0 Å². The largest absolute Gasteiger partial charge is 0.478 e. The van der Waals surface area contributed by atoms with Crippen molar-refractivity contribution in [3.63, 3.8) is 0 Å². The lowest BCUT2D eigenvalue weighted by Gasteiger charge is -2.20. The van der Waals surface area contributed by atoms with Crippen molar-refractivity contribution in [3.8, 4) is 0 Å². The summed E-state index contributed by atoms with van der Waals surface area (Å²) in [6.07, 6.45) is 0. The third-order valence-corrected chi connectivity index (χ3v) is 3.31. The Hall–Kier alpha value is -3.28. The molecule has 0 aliphatic rings. The van der Waals surface area contributed by atoms with Crippen LogP contribution in [-0.2, 0) is 19.2 Å². The Morgan fingerprint density at radius 3 is 0.735 bits per heavy atom. The average molecular weight is 493 g/mol. The van der Waals surface area contributed by atoms with Crippen LogP contribution in [0, 0.1) is 5.41 Å². The van der Waals surface area contributed by atoms with Crippen LogP contribution < -0.4 is 0 Å². The van der Waals surface area contributed by atoms with E-state index in [1.807, 2.05) is 0 Å². The van der Waals surface area contributed by atoms with Gasteiger partial charge in [0.05, 0.1) is 19.8 Å². The molecule has 34 heavy (non-hydrogen) atoms. The Morgan fingerprint density at radius 1 is 0.559 bits per heavy atom. The number of carbonyl (C=O) groups is 4. The third kappa shape index (κ3) is 33.4. The SMILES string of the molecule is C=C(C)C(=O)O.C=C(C)C(=O)O.C=C(C)C(=O)O.CC(C)=C(C)C(=O)O.CC(CO)(CO)CO. The van der Waals surface area contributed by atoms with E-state index in [4.69, 9.17) is 35.7 Å². The molecule has 7 N–H and O–H groups in total. The van der Waals surface area contributed by atoms with Gasteiger partial charge >= 0.3 is 23.9 Å². The average Bonchev–Trinajstić information content (AvgIpc) is 2.73. The van der Waals surface area contributed by atoms with E-state index in [-0.39, 0.29) is 36.5 Å². The van der Waals surface area contributed by atoms with Gasteiger partial charge in [-0.2, -0.15) is 0 Å². The number of rotatable bonds is 7. The molecule has 0 spiro atoms. The van der Waals surface area contributed by atoms with E-state index >= 15 is 0 Å². The lowest BCUT2D eigenvalue weighted by atomic mass is 9.95. The molecule has 0 saturated carbocycles. The summed E-state index contributed by atoms with van der Waals surface area (Å²) in [5.74, 6) is -3.63. The van der Waals surface area contributed by atoms with Crippen molar-refractivity contribution < 1.29 is 54.9 Å². The van der Waals surface area contributed by atoms with Gasteiger partial charge in [0.15, 0.2) is 0 Å². The molecule has 0 aliphatic heterocycles. The summed E-state index contributed by atoms with van der Waals surface area (Å²) in [6.45, 7) is 20.0. The zero-order chi connectivity index (χ0) is 28.8. The van der Waals surface area contributed by atoms with Crippen LogP contribution in [0.3, 0.4) is 0 Å². The van der Waals surface area contributed by atoms with Gasteiger partial charge in [-0.3, -0.25) is 0 Å². The molecule has 0 aliphatic carbocycles. The first kappa shape index (κ1) is 41.0. The van der Waals surface area contributed by atoms with Crippen LogP contribution in [0.25, 0.3) is 0 Å². The second kappa shape index (κ2) is 22.9. The Morgan fingerprint density at radius 2 is 0.735 bits per heavy atom. The molecular weight excluding hydrogens is 452 g/mol. The van der Waals surface area contributed by atoms with Gasteiger partial charge in [0.2, 0.25) is 0 Å². The molecule has 0 atom stereocenters. The highest BCUT2D eigenvalue weighted by atomic mass is 16.4. The minimum absolute atomic E-state index is 0.176. The van der Waals surface area contributed by atoms with Gasteiger partial charge in [0.25, 0.3) is 0 Å². The molecule has 0 bridgehead atoms. The number of aliphatic hydroxyl groups excluding tert-OH is 3. The fourth-order valence-corrected chi connectivity index (χ4v) is 0.364. The first-order valence-corrected chi connectivity index (χ1v) is 9.53. The smallest absolute Gasteiger partial charge is 0.331 e. The standard InChI is InChI=1S/C6H10O2.C5H12O3.3C4H6O2/c1-4(2)5(3)6(7)8;1-5(2-6,3-7)4-8;3*1-3(2)4(5)6/h1-3H3,(H,7,8);6-8H,2-4H2,1H3;3*1H2,2H3,(H,5,6). The molecule has 0 aromatic carbocycles. The number of hydrogen-bond donors (Lipinski definition) is 7. The second-order valence-electron chi connectivity index (χ2n) is 7.47. The summed E-state index contributed by atoms with van der Waals surface area (Å²) in [5, 5.41) is 57.4. The molecular formula is C23H40O11. The molecule has 0 radical (unpaired) electrons. The number of carboxylic acids is 4. The highest BCUT2D eigenvalue weighted by Gasteiger charge is 2.20. The molecule has 11 heteroatoms. The summed E-state index contributed by atoms with van der Waals surface area (Å²) in [4.78, 5) is 38.9. The molecule has 0 heterocycles. The molecule has 0 fully saturated rings. The first-order valence-electron chi connectivity index (χ1n) is 9.53. The predicted molar refractivity (Wildman–Crippen MR) is 128 cm³/mol. The molecule has 0 rings (SSSR count). The molecule has 0 saturated heterocycles. The van der Waals surface area contributed by atoms with E-state index in [1.165, 1.54) is 20.8 Å². The molecule has 0 amide bonds. The highest BCUT2D eigenvalue weighted by Crippen LogP contribution is 2.11. The van der Waals surface area contributed by atoms with E-state index in [0.29, 0.717) is 5.57 Å². The second-order valence-corrected chi connectivity index (χ2v) is 7.47. The van der Waals surface area contributed by atoms with Crippen LogP contribution in [0.2, 0.25) is 0 Å². The number of carboxylic acid groups (broad SMARTS) is 4. The van der Waals surface area contributed by atoms with Crippen molar-refractivity contribution in [2.75, 3.05) is 19.8 Å². The zero-order valence-electron chi connectivity index (χ0n) is 21.0. The maximum Gasteiger partial charge on any atom is 0.331 e. The van der Waals surface area contributed by atoms with E-state index in [0.717, 1.165) is 5.57 Å². The van der Waals surface area contributed by atoms with Crippen LogP contribution in [0.4, 0.5) is 0 Å². The van der Waals surface area contributed by atoms with Crippen molar-refractivity contribution in [3.05, 3.63) is 47.6 Å². The topological polar surface area (TPSA) is 210 Å². The quantitative estimate of drug-likeness (QED) is 0.256. The normalized spacial score (nSPS) is 8.76. The van der Waals surface area contributed by atoms with Gasteiger partial charge in [-0.05, 0) is 41.5 Å². The lowest BCUT2D eigenvalue weighted by molar-refractivity contribution is -0.133. The van der Waals surface area contributed by atoms with Gasteiger partial charge in [-0.1, -0.05) is 32.2 Å². The van der Waals surface area contributed by atoms with Crippen LogP contribution in [0.15, 0.2) is 47.6 Å². The number of aliphatic hydroxyl groups is 3. The summed E-state index contributed by atoms with van der Waals surface area (Å²) < 4.78 is 0. The van der Waals surface area contributed by atoms with Gasteiger partial charge in [0.1, 0.15) is 0 Å². The summed E-state index contributed by atoms with van der Waals surface area (Å²) >= 11 is 0. The van der Waals surface area contributed by atoms with Crippen LogP contribution in [-0.4, -0.2) is 79.4 Å². The van der Waals surface area contributed by atoms with E-state index in [2.05, 4.69) is 19.7 Å². The van der Waals surface area contributed by atoms with Gasteiger partial charge in [-0.25, -0.2) is 19.2 Å². The summed E-state index contributed by atoms with van der Waals surface area (Å²) in [5.41, 5.74) is 1.11. The molecule has 0 unspecified atom stereocenters. The van der Waals surface area contributed by atoms with E-state index < -0.39 is 29.3 Å². The van der Waals surface area contributed by atoms with Crippen LogP contribution >= 0.6 is 0 Å². The Labute approximate surface area is 200 Å². The molecule has 11 nitrogen and oxygen atoms in total. The Balaban J connectivity index is -0.000000104. The van der Waals surface area contributed by atoms with Crippen molar-refractivity contribution in [2.45, 2.75) is 48.5 Å². The fraction of sp³-hybridized carbons (Fsp3) is 0.478. The van der Waals surface area contributed by atoms with Crippen LogP contribution in [0.1, 0.15) is 48.5 Å². The number of allylic oxidation sites excluding steroid dienone is 1. The van der Waals surface area contributed by atoms with Gasteiger partial charge in [0, 0.05) is 27.7 Å².